The molecule has 0 aliphatic rings. The monoisotopic (exact) mass is 271 g/mol. The summed E-state index contributed by atoms with van der Waals surface area (Å²) in [5, 5.41) is 46.5. The molecule has 0 aliphatic heterocycles. The molecule has 0 fully saturated rings. The van der Waals surface area contributed by atoms with Gasteiger partial charge in [-0.15, -0.1) is 0 Å². The van der Waals surface area contributed by atoms with Crippen molar-refractivity contribution in [2.75, 3.05) is 0 Å². The number of carbonyl (C=O) groups is 2. The van der Waals surface area contributed by atoms with Gasteiger partial charge in [-0.05, 0) is 17.7 Å². The summed E-state index contributed by atoms with van der Waals surface area (Å²) in [4.78, 5) is 31.0. The Morgan fingerprint density at radius 2 is 1.79 bits per heavy atom. The second-order valence-electron chi connectivity index (χ2n) is 3.57. The summed E-state index contributed by atoms with van der Waals surface area (Å²) >= 11 is 0. The Balaban J connectivity index is 3.26. The molecule has 0 spiro atoms. The molecular weight excluding hydrogens is 262 g/mol. The van der Waals surface area contributed by atoms with Crippen LogP contribution in [0.25, 0.3) is 0 Å². The quantitative estimate of drug-likeness (QED) is 0.422. The van der Waals surface area contributed by atoms with Crippen LogP contribution >= 0.6 is 0 Å². The maximum absolute atomic E-state index is 10.8. The van der Waals surface area contributed by atoms with Crippen molar-refractivity contribution in [2.45, 2.75) is 12.2 Å². The van der Waals surface area contributed by atoms with Crippen LogP contribution in [0, 0.1) is 10.1 Å². The largest absolute Gasteiger partial charge is 0.479 e. The highest BCUT2D eigenvalue weighted by Crippen LogP contribution is 2.25. The zero-order valence-corrected chi connectivity index (χ0v) is 9.26. The summed E-state index contributed by atoms with van der Waals surface area (Å²) in [6, 6.07) is 2.54. The molecule has 0 aliphatic carbocycles. The minimum absolute atomic E-state index is 0.252. The zero-order valence-electron chi connectivity index (χ0n) is 9.26. The number of carboxylic acid groups (broad SMARTS) is 2. The van der Waals surface area contributed by atoms with Crippen molar-refractivity contribution in [1.82, 2.24) is 0 Å². The first-order valence-electron chi connectivity index (χ1n) is 4.86. The summed E-state index contributed by atoms with van der Waals surface area (Å²) in [5.74, 6) is -3.31. The Labute approximate surface area is 105 Å². The second-order valence-corrected chi connectivity index (χ2v) is 3.57. The number of rotatable bonds is 5. The molecule has 9 nitrogen and oxygen atoms in total. The van der Waals surface area contributed by atoms with E-state index >= 15 is 0 Å². The van der Waals surface area contributed by atoms with Gasteiger partial charge in [-0.3, -0.25) is 10.1 Å². The van der Waals surface area contributed by atoms with Crippen LogP contribution in [-0.2, 0) is 4.79 Å². The summed E-state index contributed by atoms with van der Waals surface area (Å²) < 4.78 is 0. The zero-order chi connectivity index (χ0) is 14.7. The van der Waals surface area contributed by atoms with E-state index in [1.54, 1.807) is 0 Å². The minimum atomic E-state index is -2.16. The molecular formula is C10H9NO8. The normalized spacial score (nSPS) is 13.6. The molecule has 1 rings (SSSR count). The molecule has 0 bridgehead atoms. The number of benzene rings is 1. The molecule has 0 amide bonds. The third kappa shape index (κ3) is 3.03. The first kappa shape index (κ1) is 14.5. The Bertz CT molecular complexity index is 540. The highest BCUT2D eigenvalue weighted by molar-refractivity contribution is 5.92. The molecule has 19 heavy (non-hydrogen) atoms. The fourth-order valence-electron chi connectivity index (χ4n) is 1.39. The highest BCUT2D eigenvalue weighted by Gasteiger charge is 2.28. The summed E-state index contributed by atoms with van der Waals surface area (Å²) in [5.41, 5.74) is -1.66. The standard InChI is InChI=1S/C10H9NO8/c12-7(8(13)10(16)17)4-1-2-6(11(18)19)5(3-4)9(14)15/h1-3,7-8,12-13H,(H,14,15)(H,16,17). The maximum Gasteiger partial charge on any atom is 0.342 e. The third-order valence-corrected chi connectivity index (χ3v) is 2.34. The van der Waals surface area contributed by atoms with Gasteiger partial charge < -0.3 is 20.4 Å². The topological polar surface area (TPSA) is 158 Å². The van der Waals surface area contributed by atoms with Gasteiger partial charge in [0.15, 0.2) is 6.10 Å². The molecule has 0 heterocycles. The van der Waals surface area contributed by atoms with Crippen LogP contribution in [0.1, 0.15) is 22.0 Å². The van der Waals surface area contributed by atoms with E-state index in [-0.39, 0.29) is 5.56 Å². The molecule has 9 heteroatoms. The van der Waals surface area contributed by atoms with Crippen LogP contribution in [0.3, 0.4) is 0 Å². The van der Waals surface area contributed by atoms with E-state index in [1.807, 2.05) is 0 Å². The summed E-state index contributed by atoms with van der Waals surface area (Å²) in [6.07, 6.45) is -4.06. The lowest BCUT2D eigenvalue weighted by Crippen LogP contribution is -2.27. The molecule has 0 saturated heterocycles. The van der Waals surface area contributed by atoms with Crippen LogP contribution in [0.5, 0.6) is 0 Å². The lowest BCUT2D eigenvalue weighted by Gasteiger charge is -2.14. The molecule has 1 aromatic carbocycles. The number of aromatic carboxylic acids is 1. The van der Waals surface area contributed by atoms with Crippen LogP contribution in [-0.4, -0.2) is 43.4 Å². The lowest BCUT2D eigenvalue weighted by molar-refractivity contribution is -0.385. The highest BCUT2D eigenvalue weighted by atomic mass is 16.6. The summed E-state index contributed by atoms with van der Waals surface area (Å²) in [7, 11) is 0. The first-order chi connectivity index (χ1) is 8.75. The summed E-state index contributed by atoms with van der Waals surface area (Å²) in [6.45, 7) is 0. The fraction of sp³-hybridized carbons (Fsp3) is 0.200. The SMILES string of the molecule is O=C(O)c1cc(C(O)C(O)C(=O)O)ccc1[N+](=O)[O-]. The van der Waals surface area contributed by atoms with E-state index in [0.717, 1.165) is 18.2 Å². The van der Waals surface area contributed by atoms with Crippen LogP contribution in [0.15, 0.2) is 18.2 Å². The predicted molar refractivity (Wildman–Crippen MR) is 58.7 cm³/mol. The number of aliphatic carboxylic acids is 1. The van der Waals surface area contributed by atoms with Crippen LogP contribution < -0.4 is 0 Å². The number of aliphatic hydroxyl groups is 2. The van der Waals surface area contributed by atoms with Gasteiger partial charge in [-0.2, -0.15) is 0 Å². The molecule has 2 unspecified atom stereocenters. The van der Waals surface area contributed by atoms with Crippen molar-refractivity contribution >= 4 is 17.6 Å². The van der Waals surface area contributed by atoms with Gasteiger partial charge in [-0.25, -0.2) is 9.59 Å². The van der Waals surface area contributed by atoms with E-state index in [9.17, 15) is 24.8 Å². The first-order valence-corrected chi connectivity index (χ1v) is 4.86. The molecule has 4 N–H and O–H groups in total. The molecule has 0 aromatic heterocycles. The van der Waals surface area contributed by atoms with E-state index in [2.05, 4.69) is 0 Å². The number of nitro benzene ring substituents is 1. The third-order valence-electron chi connectivity index (χ3n) is 2.34. The molecule has 2 atom stereocenters. The Morgan fingerprint density at radius 1 is 1.21 bits per heavy atom. The van der Waals surface area contributed by atoms with Gasteiger partial charge in [0.2, 0.25) is 0 Å². The molecule has 0 saturated carbocycles. The van der Waals surface area contributed by atoms with Crippen LogP contribution in [0.4, 0.5) is 5.69 Å². The number of nitrogens with zero attached hydrogens (tertiary/aromatic N) is 1. The minimum Gasteiger partial charge on any atom is -0.479 e. The predicted octanol–water partition coefficient (Wildman–Crippen LogP) is -0.228. The van der Waals surface area contributed by atoms with Gasteiger partial charge in [0, 0.05) is 6.07 Å². The van der Waals surface area contributed by atoms with Crippen molar-refractivity contribution in [2.24, 2.45) is 0 Å². The van der Waals surface area contributed by atoms with Gasteiger partial charge in [0.25, 0.3) is 5.69 Å². The maximum atomic E-state index is 10.8. The van der Waals surface area contributed by atoms with Gasteiger partial charge in [0.1, 0.15) is 11.7 Å². The Morgan fingerprint density at radius 3 is 2.21 bits per heavy atom. The fourth-order valence-corrected chi connectivity index (χ4v) is 1.39. The number of nitro groups is 1. The molecule has 1 aromatic rings. The van der Waals surface area contributed by atoms with Gasteiger partial charge in [-0.1, -0.05) is 0 Å². The number of carboxylic acids is 2. The van der Waals surface area contributed by atoms with Crippen molar-refractivity contribution in [3.8, 4) is 0 Å². The molecule has 102 valence electrons. The Hall–Kier alpha value is -2.52. The number of aliphatic hydroxyl groups excluding tert-OH is 2. The van der Waals surface area contributed by atoms with E-state index in [4.69, 9.17) is 15.3 Å². The van der Waals surface area contributed by atoms with Gasteiger partial charge in [0.05, 0.1) is 4.92 Å². The average molecular weight is 271 g/mol. The van der Waals surface area contributed by atoms with E-state index in [0.29, 0.717) is 0 Å². The van der Waals surface area contributed by atoms with Gasteiger partial charge >= 0.3 is 11.9 Å². The lowest BCUT2D eigenvalue weighted by atomic mass is 10.0. The van der Waals surface area contributed by atoms with Crippen molar-refractivity contribution in [3.05, 3.63) is 39.4 Å². The Kier molecular flexibility index (Phi) is 4.14. The van der Waals surface area contributed by atoms with E-state index in [1.165, 1.54) is 0 Å². The van der Waals surface area contributed by atoms with Crippen molar-refractivity contribution < 1.29 is 34.9 Å². The number of hydrogen-bond acceptors (Lipinski definition) is 6. The smallest absolute Gasteiger partial charge is 0.342 e. The molecule has 0 radical (unpaired) electrons. The number of hydrogen-bond donors (Lipinski definition) is 4. The van der Waals surface area contributed by atoms with Crippen LogP contribution in [0.2, 0.25) is 0 Å². The van der Waals surface area contributed by atoms with Crippen molar-refractivity contribution in [3.63, 3.8) is 0 Å². The van der Waals surface area contributed by atoms with E-state index < -0.39 is 40.3 Å². The van der Waals surface area contributed by atoms with Crippen molar-refractivity contribution in [1.29, 1.82) is 0 Å². The average Bonchev–Trinajstić information content (AvgIpc) is 2.35. The second kappa shape index (κ2) is 5.42.